The predicted molar refractivity (Wildman–Crippen MR) is 69.4 cm³/mol. The van der Waals surface area contributed by atoms with E-state index in [9.17, 15) is 0 Å². The highest BCUT2D eigenvalue weighted by atomic mass is 15.5. The van der Waals surface area contributed by atoms with Gasteiger partial charge in [0.25, 0.3) is 0 Å². The van der Waals surface area contributed by atoms with Crippen LogP contribution in [0.25, 0.3) is 0 Å². The zero-order chi connectivity index (χ0) is 11.7. The van der Waals surface area contributed by atoms with Crippen LogP contribution in [0.15, 0.2) is 18.2 Å². The first-order valence-corrected chi connectivity index (χ1v) is 6.23. The highest BCUT2D eigenvalue weighted by Gasteiger charge is 2.22. The van der Waals surface area contributed by atoms with Crippen molar-refractivity contribution in [3.05, 3.63) is 29.3 Å². The minimum absolute atomic E-state index is 0.510. The Morgan fingerprint density at radius 2 is 2.00 bits per heavy atom. The van der Waals surface area contributed by atoms with E-state index < -0.39 is 0 Å². The Labute approximate surface area is 98.6 Å². The molecule has 0 saturated carbocycles. The van der Waals surface area contributed by atoms with Gasteiger partial charge in [0, 0.05) is 12.6 Å². The lowest BCUT2D eigenvalue weighted by Gasteiger charge is -2.23. The Kier molecular flexibility index (Phi) is 3.20. The molecule has 0 saturated heterocycles. The number of nitrogens with one attached hydrogen (secondary N) is 1. The predicted octanol–water partition coefficient (Wildman–Crippen LogP) is 3.12. The van der Waals surface area contributed by atoms with E-state index in [1.54, 1.807) is 0 Å². The molecule has 0 radical (unpaired) electrons. The minimum atomic E-state index is 0.510. The fourth-order valence-electron chi connectivity index (χ4n) is 2.39. The van der Waals surface area contributed by atoms with Gasteiger partial charge in [-0.1, -0.05) is 26.0 Å². The Balaban J connectivity index is 2.32. The molecule has 0 unspecified atom stereocenters. The summed E-state index contributed by atoms with van der Waals surface area (Å²) in [7, 11) is 0. The Morgan fingerprint density at radius 3 is 2.62 bits per heavy atom. The van der Waals surface area contributed by atoms with Crippen LogP contribution in [-0.2, 0) is 13.0 Å². The molecule has 0 spiro atoms. The maximum absolute atomic E-state index is 3.47. The number of anilines is 1. The molecule has 2 nitrogen and oxygen atoms in total. The van der Waals surface area contributed by atoms with Crippen LogP contribution in [-0.4, -0.2) is 6.04 Å². The van der Waals surface area contributed by atoms with E-state index in [2.05, 4.69) is 56.3 Å². The summed E-state index contributed by atoms with van der Waals surface area (Å²) in [6, 6.07) is 7.18. The number of hydrazine groups is 1. The molecule has 16 heavy (non-hydrogen) atoms. The number of nitrogens with zero attached hydrogens (tertiary/aromatic N) is 1. The van der Waals surface area contributed by atoms with E-state index in [0.717, 1.165) is 12.5 Å². The van der Waals surface area contributed by atoms with Gasteiger partial charge in [-0.05, 0) is 43.4 Å². The average Bonchev–Trinajstić information content (AvgIpc) is 2.61. The molecule has 1 aliphatic heterocycles. The van der Waals surface area contributed by atoms with E-state index in [0.29, 0.717) is 6.04 Å². The fourth-order valence-corrected chi connectivity index (χ4v) is 2.39. The topological polar surface area (TPSA) is 15.3 Å². The molecule has 88 valence electrons. The van der Waals surface area contributed by atoms with Gasteiger partial charge in [-0.2, -0.15) is 0 Å². The second-order valence-corrected chi connectivity index (χ2v) is 5.31. The average molecular weight is 218 g/mol. The molecule has 0 aromatic heterocycles. The molecule has 0 fully saturated rings. The summed E-state index contributed by atoms with van der Waals surface area (Å²) in [6.07, 6.45) is 1.18. The molecule has 1 aliphatic rings. The molecule has 2 rings (SSSR count). The monoisotopic (exact) mass is 218 g/mol. The van der Waals surface area contributed by atoms with Crippen molar-refractivity contribution in [3.63, 3.8) is 0 Å². The number of hydrogen-bond donors (Lipinski definition) is 1. The first-order valence-electron chi connectivity index (χ1n) is 6.23. The summed E-state index contributed by atoms with van der Waals surface area (Å²) in [4.78, 5) is 0. The van der Waals surface area contributed by atoms with Crippen molar-refractivity contribution >= 4 is 5.69 Å². The Hall–Kier alpha value is -1.02. The molecule has 0 aliphatic carbocycles. The molecular formula is C14H22N2. The molecule has 2 heteroatoms. The van der Waals surface area contributed by atoms with Crippen LogP contribution >= 0.6 is 0 Å². The summed E-state index contributed by atoms with van der Waals surface area (Å²) in [6.45, 7) is 9.98. The van der Waals surface area contributed by atoms with Gasteiger partial charge in [0.1, 0.15) is 0 Å². The van der Waals surface area contributed by atoms with Crippen LogP contribution in [0.4, 0.5) is 5.69 Å². The molecule has 0 bridgehead atoms. The zero-order valence-electron chi connectivity index (χ0n) is 10.7. The molecule has 1 N–H and O–H groups in total. The third-order valence-corrected chi connectivity index (χ3v) is 3.08. The number of hydrogen-bond acceptors (Lipinski definition) is 2. The molecule has 0 atom stereocenters. The third-order valence-electron chi connectivity index (χ3n) is 3.08. The summed E-state index contributed by atoms with van der Waals surface area (Å²) < 4.78 is 0. The van der Waals surface area contributed by atoms with Crippen molar-refractivity contribution in [2.45, 2.75) is 46.7 Å². The normalized spacial score (nSPS) is 15.0. The standard InChI is InChI=1S/C14H22N2/c1-10(2)8-12-6-5-7-14-13(12)9-15-16(14)11(3)4/h5-7,10-11,15H,8-9H2,1-4H3. The third kappa shape index (κ3) is 2.07. The lowest BCUT2D eigenvalue weighted by molar-refractivity contribution is 0.594. The quantitative estimate of drug-likeness (QED) is 0.838. The van der Waals surface area contributed by atoms with Crippen LogP contribution < -0.4 is 10.4 Å². The first kappa shape index (κ1) is 11.5. The van der Waals surface area contributed by atoms with Crippen LogP contribution in [0.1, 0.15) is 38.8 Å². The van der Waals surface area contributed by atoms with Crippen LogP contribution in [0, 0.1) is 5.92 Å². The smallest absolute Gasteiger partial charge is 0.0571 e. The van der Waals surface area contributed by atoms with E-state index >= 15 is 0 Å². The highest BCUT2D eigenvalue weighted by Crippen LogP contribution is 2.30. The van der Waals surface area contributed by atoms with Gasteiger partial charge in [0.2, 0.25) is 0 Å². The minimum Gasteiger partial charge on any atom is -0.305 e. The van der Waals surface area contributed by atoms with Gasteiger partial charge >= 0.3 is 0 Å². The fraction of sp³-hybridized carbons (Fsp3) is 0.571. The maximum atomic E-state index is 3.47. The molecule has 1 aromatic carbocycles. The van der Waals surface area contributed by atoms with Crippen molar-refractivity contribution < 1.29 is 0 Å². The van der Waals surface area contributed by atoms with Crippen LogP contribution in [0.5, 0.6) is 0 Å². The van der Waals surface area contributed by atoms with Crippen molar-refractivity contribution in [1.82, 2.24) is 5.43 Å². The van der Waals surface area contributed by atoms with Gasteiger partial charge in [-0.3, -0.25) is 0 Å². The molecule has 1 aromatic rings. The maximum Gasteiger partial charge on any atom is 0.0571 e. The molecular weight excluding hydrogens is 196 g/mol. The lowest BCUT2D eigenvalue weighted by Crippen LogP contribution is -2.37. The van der Waals surface area contributed by atoms with E-state index in [1.165, 1.54) is 23.2 Å². The number of rotatable bonds is 3. The molecule has 0 amide bonds. The van der Waals surface area contributed by atoms with Gasteiger partial charge in [0.05, 0.1) is 5.69 Å². The molecule has 1 heterocycles. The number of fused-ring (bicyclic) bond motifs is 1. The van der Waals surface area contributed by atoms with E-state index in [4.69, 9.17) is 0 Å². The number of benzene rings is 1. The summed E-state index contributed by atoms with van der Waals surface area (Å²) in [5.41, 5.74) is 7.83. The highest BCUT2D eigenvalue weighted by molar-refractivity contribution is 5.59. The van der Waals surface area contributed by atoms with E-state index in [1.807, 2.05) is 0 Å². The van der Waals surface area contributed by atoms with Gasteiger partial charge in [-0.15, -0.1) is 0 Å². The second kappa shape index (κ2) is 4.46. The van der Waals surface area contributed by atoms with Gasteiger partial charge in [0.15, 0.2) is 0 Å². The Morgan fingerprint density at radius 1 is 1.25 bits per heavy atom. The van der Waals surface area contributed by atoms with Crippen LogP contribution in [0.3, 0.4) is 0 Å². The van der Waals surface area contributed by atoms with Crippen molar-refractivity contribution in [1.29, 1.82) is 0 Å². The van der Waals surface area contributed by atoms with Crippen molar-refractivity contribution in [2.75, 3.05) is 5.01 Å². The van der Waals surface area contributed by atoms with Crippen molar-refractivity contribution in [3.8, 4) is 0 Å². The summed E-state index contributed by atoms with van der Waals surface area (Å²) in [5, 5.41) is 2.28. The van der Waals surface area contributed by atoms with E-state index in [-0.39, 0.29) is 0 Å². The first-order chi connectivity index (χ1) is 7.59. The van der Waals surface area contributed by atoms with Crippen molar-refractivity contribution in [2.24, 2.45) is 5.92 Å². The van der Waals surface area contributed by atoms with Gasteiger partial charge < -0.3 is 5.01 Å². The summed E-state index contributed by atoms with van der Waals surface area (Å²) in [5.74, 6) is 0.722. The SMILES string of the molecule is CC(C)Cc1cccc2c1CNN2C(C)C. The van der Waals surface area contributed by atoms with Gasteiger partial charge in [-0.25, -0.2) is 5.43 Å². The van der Waals surface area contributed by atoms with Crippen LogP contribution in [0.2, 0.25) is 0 Å². The lowest BCUT2D eigenvalue weighted by atomic mass is 9.97. The zero-order valence-corrected chi connectivity index (χ0v) is 10.7. The second-order valence-electron chi connectivity index (χ2n) is 5.31. The Bertz CT molecular complexity index is 369. The largest absolute Gasteiger partial charge is 0.305 e. The summed E-state index contributed by atoms with van der Waals surface area (Å²) >= 11 is 0.